The quantitative estimate of drug-likeness (QED) is 0.748. The molecule has 0 atom stereocenters. The highest BCUT2D eigenvalue weighted by atomic mass is 32.2. The van der Waals surface area contributed by atoms with Crippen LogP contribution in [-0.2, 0) is 16.5 Å². The molecule has 7 heteroatoms. The number of hydrogen-bond acceptors (Lipinski definition) is 5. The first-order chi connectivity index (χ1) is 9.97. The van der Waals surface area contributed by atoms with E-state index in [4.69, 9.17) is 0 Å². The highest BCUT2D eigenvalue weighted by molar-refractivity contribution is 7.85. The van der Waals surface area contributed by atoms with Gasteiger partial charge < -0.3 is 9.45 Å². The van der Waals surface area contributed by atoms with Crippen molar-refractivity contribution in [3.63, 3.8) is 0 Å². The lowest BCUT2D eigenvalue weighted by Gasteiger charge is -2.17. The van der Waals surface area contributed by atoms with E-state index in [0.29, 0.717) is 6.54 Å². The number of nitrogens with one attached hydrogen (secondary N) is 1. The van der Waals surface area contributed by atoms with E-state index in [1.54, 1.807) is 11.3 Å². The average molecular weight is 328 g/mol. The van der Waals surface area contributed by atoms with Gasteiger partial charge in [-0.2, -0.15) is 11.3 Å². The van der Waals surface area contributed by atoms with Crippen molar-refractivity contribution in [2.75, 3.05) is 25.9 Å². The van der Waals surface area contributed by atoms with Crippen LogP contribution < -0.4 is 4.98 Å². The van der Waals surface area contributed by atoms with Crippen LogP contribution in [0.4, 0.5) is 0 Å². The van der Waals surface area contributed by atoms with Crippen molar-refractivity contribution >= 4 is 21.5 Å². The first-order valence-electron chi connectivity index (χ1n) is 6.51. The lowest BCUT2D eigenvalue weighted by atomic mass is 10.2. The predicted molar refractivity (Wildman–Crippen MR) is 83.1 cm³/mol. The van der Waals surface area contributed by atoms with Crippen molar-refractivity contribution in [1.82, 2.24) is 4.90 Å². The number of likely N-dealkylation sites (N-methyl/N-ethyl adjacent to an activating group) is 1. The van der Waals surface area contributed by atoms with Gasteiger partial charge in [0.15, 0.2) is 12.4 Å². The summed E-state index contributed by atoms with van der Waals surface area (Å²) in [5.41, 5.74) is 1.25. The van der Waals surface area contributed by atoms with Crippen LogP contribution in [0, 0.1) is 0 Å². The van der Waals surface area contributed by atoms with Gasteiger partial charge in [-0.3, -0.25) is 0 Å². The number of nitrogens with zero attached hydrogens (tertiary/aromatic N) is 1. The third-order valence-corrected chi connectivity index (χ3v) is 4.11. The van der Waals surface area contributed by atoms with Gasteiger partial charge in [-0.05, 0) is 35.9 Å². The van der Waals surface area contributed by atoms with E-state index < -0.39 is 10.1 Å². The SMILES string of the molecule is CN(CCc1ccsc1)CCS(=O)(=O)[O-].c1cc[nH+]cc1. The minimum atomic E-state index is -4.08. The summed E-state index contributed by atoms with van der Waals surface area (Å²) >= 11 is 1.64. The molecule has 0 unspecified atom stereocenters. The van der Waals surface area contributed by atoms with Gasteiger partial charge in [-0.25, -0.2) is 13.4 Å². The van der Waals surface area contributed by atoms with Crippen molar-refractivity contribution in [2.24, 2.45) is 0 Å². The molecule has 0 aromatic carbocycles. The summed E-state index contributed by atoms with van der Waals surface area (Å²) in [5.74, 6) is -0.312. The van der Waals surface area contributed by atoms with Gasteiger partial charge in [0.2, 0.25) is 0 Å². The van der Waals surface area contributed by atoms with Crippen LogP contribution in [0.15, 0.2) is 47.4 Å². The van der Waals surface area contributed by atoms with Gasteiger partial charge >= 0.3 is 0 Å². The minimum Gasteiger partial charge on any atom is -0.748 e. The molecule has 0 fully saturated rings. The molecule has 2 aromatic rings. The summed E-state index contributed by atoms with van der Waals surface area (Å²) in [7, 11) is -2.26. The minimum absolute atomic E-state index is 0.302. The smallest absolute Gasteiger partial charge is 0.166 e. The highest BCUT2D eigenvalue weighted by Gasteiger charge is 2.02. The molecular formula is C14H20N2O3S2. The van der Waals surface area contributed by atoms with Gasteiger partial charge in [0.05, 0.1) is 15.9 Å². The van der Waals surface area contributed by atoms with Crippen LogP contribution >= 0.6 is 11.3 Å². The molecule has 2 rings (SSSR count). The van der Waals surface area contributed by atoms with Gasteiger partial charge in [-0.15, -0.1) is 0 Å². The first-order valence-corrected chi connectivity index (χ1v) is 9.03. The van der Waals surface area contributed by atoms with E-state index in [0.717, 1.165) is 13.0 Å². The van der Waals surface area contributed by atoms with Crippen molar-refractivity contribution in [2.45, 2.75) is 6.42 Å². The predicted octanol–water partition coefficient (Wildman–Crippen LogP) is 1.27. The topological polar surface area (TPSA) is 74.6 Å². The Morgan fingerprint density at radius 3 is 2.38 bits per heavy atom. The second kappa shape index (κ2) is 9.62. The van der Waals surface area contributed by atoms with Gasteiger partial charge in [0, 0.05) is 25.2 Å². The highest BCUT2D eigenvalue weighted by Crippen LogP contribution is 2.06. The molecular weight excluding hydrogens is 308 g/mol. The van der Waals surface area contributed by atoms with Crippen molar-refractivity contribution in [3.05, 3.63) is 53.0 Å². The van der Waals surface area contributed by atoms with Crippen LogP contribution in [0.1, 0.15) is 5.56 Å². The molecule has 21 heavy (non-hydrogen) atoms. The lowest BCUT2D eigenvalue weighted by Crippen LogP contribution is -2.27. The lowest BCUT2D eigenvalue weighted by molar-refractivity contribution is -0.377. The number of pyridine rings is 1. The van der Waals surface area contributed by atoms with E-state index in [1.807, 2.05) is 54.0 Å². The summed E-state index contributed by atoms with van der Waals surface area (Å²) in [6, 6.07) is 7.90. The van der Waals surface area contributed by atoms with E-state index in [-0.39, 0.29) is 5.75 Å². The Bertz CT molecular complexity index is 545. The largest absolute Gasteiger partial charge is 0.748 e. The standard InChI is InChI=1S/C9H15NO3S2.C5H5N/c1-10(5-7-15(11,12)13)4-2-9-3-6-14-8-9;1-2-4-6-5-3-1/h3,6,8H,2,4-5,7H2,1H3,(H,11,12,13);1-5H. The fraction of sp³-hybridized carbons (Fsp3) is 0.357. The van der Waals surface area contributed by atoms with Gasteiger partial charge in [-0.1, -0.05) is 6.07 Å². The summed E-state index contributed by atoms with van der Waals surface area (Å²) in [4.78, 5) is 4.75. The molecule has 2 aromatic heterocycles. The van der Waals surface area contributed by atoms with E-state index in [2.05, 4.69) is 10.4 Å². The molecule has 0 saturated carbocycles. The third kappa shape index (κ3) is 10.1. The molecule has 0 aliphatic rings. The summed E-state index contributed by atoms with van der Waals surface area (Å²) < 4.78 is 31.2. The molecule has 0 spiro atoms. The molecule has 2 heterocycles. The van der Waals surface area contributed by atoms with Gasteiger partial charge in [0.1, 0.15) is 0 Å². The Kier molecular flexibility index (Phi) is 8.14. The Hall–Kier alpha value is -1.28. The molecule has 1 N–H and O–H groups in total. The molecule has 116 valence electrons. The molecule has 0 saturated heterocycles. The van der Waals surface area contributed by atoms with Crippen LogP contribution in [0.5, 0.6) is 0 Å². The molecule has 0 aliphatic carbocycles. The normalized spacial score (nSPS) is 11.0. The summed E-state index contributed by atoms with van der Waals surface area (Å²) in [5, 5.41) is 4.08. The Labute approximate surface area is 130 Å². The van der Waals surface area contributed by atoms with Crippen molar-refractivity contribution in [3.8, 4) is 0 Å². The van der Waals surface area contributed by atoms with Crippen LogP contribution in [0.2, 0.25) is 0 Å². The third-order valence-electron chi connectivity index (χ3n) is 2.69. The maximum Gasteiger partial charge on any atom is 0.166 e. The number of aromatic amines is 1. The van der Waals surface area contributed by atoms with E-state index in [9.17, 15) is 13.0 Å². The Morgan fingerprint density at radius 1 is 1.24 bits per heavy atom. The molecule has 5 nitrogen and oxygen atoms in total. The first kappa shape index (κ1) is 17.8. The number of H-pyrrole nitrogens is 1. The van der Waals surface area contributed by atoms with E-state index >= 15 is 0 Å². The summed E-state index contributed by atoms with van der Waals surface area (Å²) in [6.07, 6.45) is 4.64. The number of thiophene rings is 1. The van der Waals surface area contributed by atoms with Crippen LogP contribution in [0.25, 0.3) is 0 Å². The number of rotatable bonds is 6. The summed E-state index contributed by atoms with van der Waals surface area (Å²) in [6.45, 7) is 1.07. The molecule has 0 bridgehead atoms. The monoisotopic (exact) mass is 328 g/mol. The Balaban J connectivity index is 0.000000304. The number of hydrogen-bond donors (Lipinski definition) is 0. The zero-order chi connectivity index (χ0) is 15.6. The van der Waals surface area contributed by atoms with Crippen LogP contribution in [-0.4, -0.2) is 43.8 Å². The molecule has 0 amide bonds. The average Bonchev–Trinajstić information content (AvgIpc) is 2.98. The van der Waals surface area contributed by atoms with Crippen LogP contribution in [0.3, 0.4) is 0 Å². The second-order valence-corrected chi connectivity index (χ2v) is 6.83. The fourth-order valence-corrected chi connectivity index (χ4v) is 2.71. The van der Waals surface area contributed by atoms with E-state index in [1.165, 1.54) is 5.56 Å². The fourth-order valence-electron chi connectivity index (χ4n) is 1.48. The zero-order valence-electron chi connectivity index (χ0n) is 11.9. The maximum atomic E-state index is 10.4. The van der Waals surface area contributed by atoms with Gasteiger partial charge in [0.25, 0.3) is 0 Å². The molecule has 0 aliphatic heterocycles. The van der Waals surface area contributed by atoms with Crippen molar-refractivity contribution < 1.29 is 18.0 Å². The molecule has 0 radical (unpaired) electrons. The zero-order valence-corrected chi connectivity index (χ0v) is 13.6. The van der Waals surface area contributed by atoms with Crippen molar-refractivity contribution in [1.29, 1.82) is 0 Å². The maximum absolute atomic E-state index is 10.4. The Morgan fingerprint density at radius 2 is 1.95 bits per heavy atom. The second-order valence-electron chi connectivity index (χ2n) is 4.52. The number of aromatic nitrogens is 1.